The first-order valence-electron chi connectivity index (χ1n) is 6.24. The Kier molecular flexibility index (Phi) is 3.83. The van der Waals surface area contributed by atoms with Crippen molar-refractivity contribution in [2.75, 3.05) is 13.1 Å². The SMILES string of the molecule is CC(C)(C)C(N)CCN1CCCC1(C)C. The summed E-state index contributed by atoms with van der Waals surface area (Å²) in [6.45, 7) is 13.8. The second-order valence-electron chi connectivity index (χ2n) is 6.66. The van der Waals surface area contributed by atoms with Gasteiger partial charge in [-0.1, -0.05) is 20.8 Å². The molecule has 1 unspecified atom stereocenters. The molecule has 0 radical (unpaired) electrons. The van der Waals surface area contributed by atoms with Gasteiger partial charge in [-0.15, -0.1) is 0 Å². The van der Waals surface area contributed by atoms with Crippen molar-refractivity contribution in [2.24, 2.45) is 11.1 Å². The van der Waals surface area contributed by atoms with Gasteiger partial charge in [0, 0.05) is 18.1 Å². The summed E-state index contributed by atoms with van der Waals surface area (Å²) in [6, 6.07) is 0.314. The minimum absolute atomic E-state index is 0.240. The molecule has 0 aliphatic carbocycles. The highest BCUT2D eigenvalue weighted by Crippen LogP contribution is 2.29. The third-order valence-corrected chi connectivity index (χ3v) is 3.90. The maximum absolute atomic E-state index is 6.19. The second kappa shape index (κ2) is 4.42. The zero-order valence-electron chi connectivity index (χ0n) is 11.1. The van der Waals surface area contributed by atoms with Gasteiger partial charge in [0.1, 0.15) is 0 Å². The first-order valence-corrected chi connectivity index (χ1v) is 6.24. The monoisotopic (exact) mass is 212 g/mol. The lowest BCUT2D eigenvalue weighted by atomic mass is 9.85. The molecule has 1 aliphatic rings. The van der Waals surface area contributed by atoms with E-state index in [0.717, 1.165) is 13.0 Å². The highest BCUT2D eigenvalue weighted by molar-refractivity contribution is 4.89. The maximum Gasteiger partial charge on any atom is 0.0153 e. The molecule has 0 amide bonds. The molecule has 1 saturated heterocycles. The highest BCUT2D eigenvalue weighted by Gasteiger charge is 2.32. The van der Waals surface area contributed by atoms with Gasteiger partial charge in [-0.2, -0.15) is 0 Å². The minimum Gasteiger partial charge on any atom is -0.327 e. The molecule has 1 atom stereocenters. The number of nitrogens with two attached hydrogens (primary N) is 1. The van der Waals surface area contributed by atoms with E-state index in [1.807, 2.05) is 0 Å². The summed E-state index contributed by atoms with van der Waals surface area (Å²) < 4.78 is 0. The van der Waals surface area contributed by atoms with Crippen LogP contribution in [0.15, 0.2) is 0 Å². The molecule has 0 bridgehead atoms. The number of nitrogens with zero attached hydrogens (tertiary/aromatic N) is 1. The number of hydrogen-bond acceptors (Lipinski definition) is 2. The summed E-state index contributed by atoms with van der Waals surface area (Å²) in [6.07, 6.45) is 3.79. The van der Waals surface area contributed by atoms with Crippen LogP contribution in [0, 0.1) is 5.41 Å². The average Bonchev–Trinajstić information content (AvgIpc) is 2.39. The molecule has 1 aliphatic heterocycles. The summed E-state index contributed by atoms with van der Waals surface area (Å²) in [5.41, 5.74) is 6.83. The average molecular weight is 212 g/mol. The van der Waals surface area contributed by atoms with E-state index in [-0.39, 0.29) is 5.41 Å². The summed E-state index contributed by atoms with van der Waals surface area (Å²) in [4.78, 5) is 2.60. The van der Waals surface area contributed by atoms with E-state index in [4.69, 9.17) is 5.73 Å². The van der Waals surface area contributed by atoms with Gasteiger partial charge in [-0.25, -0.2) is 0 Å². The van der Waals surface area contributed by atoms with Crippen LogP contribution in [0.1, 0.15) is 53.9 Å². The Morgan fingerprint density at radius 3 is 2.33 bits per heavy atom. The third kappa shape index (κ3) is 3.46. The van der Waals surface area contributed by atoms with Crippen LogP contribution < -0.4 is 5.73 Å². The molecule has 0 aromatic heterocycles. The fourth-order valence-corrected chi connectivity index (χ4v) is 2.31. The van der Waals surface area contributed by atoms with Crippen LogP contribution in [0.25, 0.3) is 0 Å². The first kappa shape index (κ1) is 13.0. The Morgan fingerprint density at radius 1 is 1.33 bits per heavy atom. The standard InChI is InChI=1S/C13H28N2/c1-12(2,3)11(14)7-10-15-9-6-8-13(15,4)5/h11H,6-10,14H2,1-5H3. The van der Waals surface area contributed by atoms with E-state index >= 15 is 0 Å². The molecule has 0 aromatic carbocycles. The van der Waals surface area contributed by atoms with Crippen molar-refractivity contribution in [2.45, 2.75) is 65.5 Å². The summed E-state index contributed by atoms with van der Waals surface area (Å²) >= 11 is 0. The molecule has 2 heteroatoms. The Hall–Kier alpha value is -0.0800. The predicted molar refractivity (Wildman–Crippen MR) is 66.9 cm³/mol. The molecule has 0 saturated carbocycles. The Morgan fingerprint density at radius 2 is 1.93 bits per heavy atom. The van der Waals surface area contributed by atoms with Crippen LogP contribution in [0.3, 0.4) is 0 Å². The molecule has 15 heavy (non-hydrogen) atoms. The third-order valence-electron chi connectivity index (χ3n) is 3.90. The van der Waals surface area contributed by atoms with Crippen LogP contribution in [-0.2, 0) is 0 Å². The van der Waals surface area contributed by atoms with E-state index < -0.39 is 0 Å². The van der Waals surface area contributed by atoms with Crippen LogP contribution in [0.4, 0.5) is 0 Å². The van der Waals surface area contributed by atoms with Crippen LogP contribution in [0.2, 0.25) is 0 Å². The predicted octanol–water partition coefficient (Wildman–Crippen LogP) is 2.62. The highest BCUT2D eigenvalue weighted by atomic mass is 15.2. The van der Waals surface area contributed by atoms with Crippen molar-refractivity contribution in [1.82, 2.24) is 4.90 Å². The normalized spacial score (nSPS) is 24.4. The van der Waals surface area contributed by atoms with Gasteiger partial charge in [0.15, 0.2) is 0 Å². The van der Waals surface area contributed by atoms with Crippen LogP contribution in [0.5, 0.6) is 0 Å². The maximum atomic E-state index is 6.19. The van der Waals surface area contributed by atoms with Crippen molar-refractivity contribution in [3.05, 3.63) is 0 Å². The number of rotatable bonds is 3. The quantitative estimate of drug-likeness (QED) is 0.779. The lowest BCUT2D eigenvalue weighted by Crippen LogP contribution is -2.43. The molecular weight excluding hydrogens is 184 g/mol. The molecule has 1 heterocycles. The van der Waals surface area contributed by atoms with Crippen LogP contribution in [-0.4, -0.2) is 29.6 Å². The van der Waals surface area contributed by atoms with E-state index in [0.29, 0.717) is 11.6 Å². The lowest BCUT2D eigenvalue weighted by molar-refractivity contribution is 0.157. The van der Waals surface area contributed by atoms with Gasteiger partial charge >= 0.3 is 0 Å². The largest absolute Gasteiger partial charge is 0.327 e. The van der Waals surface area contributed by atoms with Gasteiger partial charge in [0.05, 0.1) is 0 Å². The summed E-state index contributed by atoms with van der Waals surface area (Å²) in [5.74, 6) is 0. The van der Waals surface area contributed by atoms with Crippen molar-refractivity contribution < 1.29 is 0 Å². The molecule has 1 fully saturated rings. The Balaban J connectivity index is 2.38. The molecule has 0 spiro atoms. The minimum atomic E-state index is 0.240. The van der Waals surface area contributed by atoms with E-state index in [1.54, 1.807) is 0 Å². The number of likely N-dealkylation sites (tertiary alicyclic amines) is 1. The smallest absolute Gasteiger partial charge is 0.0153 e. The van der Waals surface area contributed by atoms with Crippen molar-refractivity contribution >= 4 is 0 Å². The zero-order chi connectivity index (χ0) is 11.7. The topological polar surface area (TPSA) is 29.3 Å². The van der Waals surface area contributed by atoms with Gasteiger partial charge < -0.3 is 5.73 Å². The van der Waals surface area contributed by atoms with Crippen molar-refractivity contribution in [1.29, 1.82) is 0 Å². The fourth-order valence-electron chi connectivity index (χ4n) is 2.31. The molecule has 2 nitrogen and oxygen atoms in total. The van der Waals surface area contributed by atoms with Gasteiger partial charge in [0.2, 0.25) is 0 Å². The van der Waals surface area contributed by atoms with E-state index in [1.165, 1.54) is 19.4 Å². The number of hydrogen-bond donors (Lipinski definition) is 1. The molecular formula is C13H28N2. The zero-order valence-corrected chi connectivity index (χ0v) is 11.1. The molecule has 1 rings (SSSR count). The van der Waals surface area contributed by atoms with Crippen molar-refractivity contribution in [3.8, 4) is 0 Å². The molecule has 2 N–H and O–H groups in total. The first-order chi connectivity index (χ1) is 6.73. The fraction of sp³-hybridized carbons (Fsp3) is 1.00. The van der Waals surface area contributed by atoms with E-state index in [2.05, 4.69) is 39.5 Å². The summed E-state index contributed by atoms with van der Waals surface area (Å²) in [7, 11) is 0. The molecule has 0 aromatic rings. The second-order valence-corrected chi connectivity index (χ2v) is 6.66. The van der Waals surface area contributed by atoms with E-state index in [9.17, 15) is 0 Å². The van der Waals surface area contributed by atoms with Crippen molar-refractivity contribution in [3.63, 3.8) is 0 Å². The van der Waals surface area contributed by atoms with Gasteiger partial charge in [-0.05, 0) is 45.1 Å². The van der Waals surface area contributed by atoms with Crippen LogP contribution >= 0.6 is 0 Å². The lowest BCUT2D eigenvalue weighted by Gasteiger charge is -2.34. The Bertz CT molecular complexity index is 203. The summed E-state index contributed by atoms with van der Waals surface area (Å²) in [5, 5.41) is 0. The van der Waals surface area contributed by atoms with Gasteiger partial charge in [0.25, 0.3) is 0 Å². The Labute approximate surface area is 95.2 Å². The molecule has 90 valence electrons. The van der Waals surface area contributed by atoms with Gasteiger partial charge in [-0.3, -0.25) is 4.90 Å².